The number of aromatic nitrogens is 3. The summed E-state index contributed by atoms with van der Waals surface area (Å²) < 4.78 is 39.8. The van der Waals surface area contributed by atoms with Crippen molar-refractivity contribution in [2.75, 3.05) is 32.1 Å². The number of nitrogens with two attached hydrogens (primary N) is 1. The third kappa shape index (κ3) is 16.3. The van der Waals surface area contributed by atoms with Gasteiger partial charge in [-0.25, -0.2) is 19.0 Å². The summed E-state index contributed by atoms with van der Waals surface area (Å²) in [5.74, 6) is -0.0693. The average Bonchev–Trinajstić information content (AvgIpc) is 3.82. The zero-order valence-corrected chi connectivity index (χ0v) is 32.6. The molecule has 1 fully saturated rings. The van der Waals surface area contributed by atoms with E-state index in [9.17, 15) is 14.5 Å². The predicted octanol–water partition coefficient (Wildman–Crippen LogP) is 9.23. The average molecular weight is 757 g/mol. The number of rotatable bonds is 29. The highest BCUT2D eigenvalue weighted by Gasteiger charge is 2.30. The maximum atomic E-state index is 14.0. The van der Waals surface area contributed by atoms with E-state index in [0.29, 0.717) is 24.6 Å². The number of nitrogens with zero attached hydrogens (tertiary/aromatic N) is 4. The third-order valence-electron chi connectivity index (χ3n) is 9.80. The van der Waals surface area contributed by atoms with Gasteiger partial charge in [-0.1, -0.05) is 103 Å². The summed E-state index contributed by atoms with van der Waals surface area (Å²) in [4.78, 5) is 14.7. The summed E-state index contributed by atoms with van der Waals surface area (Å²) in [5.41, 5.74) is 8.42. The van der Waals surface area contributed by atoms with Crippen LogP contribution in [0.25, 0.3) is 5.52 Å². The van der Waals surface area contributed by atoms with E-state index in [1.165, 1.54) is 108 Å². The highest BCUT2D eigenvalue weighted by molar-refractivity contribution is 7.43. The minimum Gasteiger partial charge on any atom is -0.382 e. The molecule has 1 aliphatic heterocycles. The minimum absolute atomic E-state index is 0.105. The summed E-state index contributed by atoms with van der Waals surface area (Å²) in [7, 11) is -1.95. The van der Waals surface area contributed by atoms with Gasteiger partial charge in [0.2, 0.25) is 0 Å². The maximum Gasteiger partial charge on any atom is 0.253 e. The smallest absolute Gasteiger partial charge is 0.253 e. The summed E-state index contributed by atoms with van der Waals surface area (Å²) in [6.07, 6.45) is 23.3. The normalized spacial score (nSPS) is 17.0. The van der Waals surface area contributed by atoms with E-state index in [1.54, 1.807) is 10.6 Å². The van der Waals surface area contributed by atoms with Crippen LogP contribution < -0.4 is 10.8 Å². The molecular weight excluding hydrogens is 694 g/mol. The second kappa shape index (κ2) is 25.4. The first-order chi connectivity index (χ1) is 26.0. The molecule has 294 valence electrons. The standard InChI is InChI=1S/C40H62FN6O5P/c1-2-3-4-5-6-7-8-9-10-11-12-13-14-15-16-17-22-49-29-36(50-28-33-23-32(26-42)24-34(41)25-33)27-46-53(48)51-30-35-18-21-39(52-35)37-19-20-38-40(43)44-31-45-47(37)38/h19-20,23-25,31,35-36,39,46,48H,2-18,21-22,27-30H2,1H3,(H2,43,44,45). The molecule has 0 bridgehead atoms. The summed E-state index contributed by atoms with van der Waals surface area (Å²) in [6.45, 7) is 3.81. The molecule has 4 atom stereocenters. The molecule has 2 aromatic heterocycles. The van der Waals surface area contributed by atoms with Gasteiger partial charge in [0, 0.05) is 13.2 Å². The molecule has 53 heavy (non-hydrogen) atoms. The highest BCUT2D eigenvalue weighted by atomic mass is 31.2. The van der Waals surface area contributed by atoms with Crippen molar-refractivity contribution >= 4 is 19.9 Å². The number of fused-ring (bicyclic) bond motifs is 1. The molecular formula is C40H62FN6O5P. The van der Waals surface area contributed by atoms with Crippen LogP contribution in [0.3, 0.4) is 0 Å². The first kappa shape index (κ1) is 43.0. The molecule has 1 aromatic carbocycles. The fourth-order valence-electron chi connectivity index (χ4n) is 6.79. The monoisotopic (exact) mass is 756 g/mol. The van der Waals surface area contributed by atoms with Crippen LogP contribution >= 0.6 is 8.53 Å². The molecule has 1 aliphatic rings. The largest absolute Gasteiger partial charge is 0.382 e. The van der Waals surface area contributed by atoms with Crippen LogP contribution in [0.15, 0.2) is 36.7 Å². The van der Waals surface area contributed by atoms with Gasteiger partial charge in [0.05, 0.1) is 49.4 Å². The number of nitrogen functional groups attached to an aromatic ring is 1. The van der Waals surface area contributed by atoms with Crippen molar-refractivity contribution < 1.29 is 28.0 Å². The zero-order valence-electron chi connectivity index (χ0n) is 31.7. The van der Waals surface area contributed by atoms with Gasteiger partial charge in [-0.15, -0.1) is 0 Å². The summed E-state index contributed by atoms with van der Waals surface area (Å²) >= 11 is 0. The number of ether oxygens (including phenoxy) is 3. The fourth-order valence-corrected chi connectivity index (χ4v) is 7.55. The van der Waals surface area contributed by atoms with Crippen molar-refractivity contribution in [1.82, 2.24) is 19.7 Å². The maximum absolute atomic E-state index is 14.0. The first-order valence-electron chi connectivity index (χ1n) is 19.9. The number of anilines is 1. The molecule has 4 unspecified atom stereocenters. The van der Waals surface area contributed by atoms with Gasteiger partial charge in [-0.05, 0) is 55.2 Å². The molecule has 0 spiro atoms. The van der Waals surface area contributed by atoms with E-state index in [-0.39, 0.29) is 37.5 Å². The molecule has 0 aliphatic carbocycles. The number of halogens is 1. The molecule has 0 amide bonds. The van der Waals surface area contributed by atoms with Gasteiger partial charge in [0.25, 0.3) is 8.53 Å². The Morgan fingerprint density at radius 1 is 1.00 bits per heavy atom. The second-order valence-corrected chi connectivity index (χ2v) is 15.3. The van der Waals surface area contributed by atoms with Crippen LogP contribution in [0.5, 0.6) is 0 Å². The number of hydrogen-bond acceptors (Lipinski definition) is 10. The van der Waals surface area contributed by atoms with E-state index in [2.05, 4.69) is 22.1 Å². The van der Waals surface area contributed by atoms with Gasteiger partial charge in [-0.3, -0.25) is 0 Å². The quantitative estimate of drug-likeness (QED) is 0.0462. The van der Waals surface area contributed by atoms with Crippen LogP contribution in [0.4, 0.5) is 10.2 Å². The molecule has 0 saturated carbocycles. The van der Waals surface area contributed by atoms with Crippen molar-refractivity contribution in [3.8, 4) is 6.07 Å². The lowest BCUT2D eigenvalue weighted by atomic mass is 10.0. The zero-order chi connectivity index (χ0) is 37.5. The Balaban J connectivity index is 1.09. The van der Waals surface area contributed by atoms with Gasteiger partial charge >= 0.3 is 0 Å². The van der Waals surface area contributed by atoms with Crippen molar-refractivity contribution in [2.24, 2.45) is 0 Å². The van der Waals surface area contributed by atoms with Gasteiger partial charge in [-0.2, -0.15) is 10.4 Å². The van der Waals surface area contributed by atoms with Crippen molar-refractivity contribution in [1.29, 1.82) is 5.26 Å². The van der Waals surface area contributed by atoms with Gasteiger partial charge in [0.1, 0.15) is 23.8 Å². The lowest BCUT2D eigenvalue weighted by Crippen LogP contribution is -2.31. The van der Waals surface area contributed by atoms with Crippen LogP contribution in [-0.2, 0) is 25.3 Å². The van der Waals surface area contributed by atoms with Crippen LogP contribution in [0.1, 0.15) is 145 Å². The number of nitriles is 1. The van der Waals surface area contributed by atoms with E-state index < -0.39 is 20.4 Å². The fraction of sp³-hybridized carbons (Fsp3) is 0.675. The lowest BCUT2D eigenvalue weighted by molar-refractivity contribution is -0.0229. The Morgan fingerprint density at radius 3 is 2.36 bits per heavy atom. The molecule has 3 aromatic rings. The molecule has 4 rings (SSSR count). The SMILES string of the molecule is CCCCCCCCCCCCCCCCCCOCC(CNP(O)OCC1CCC(c2ccc3c(N)ncnn23)O1)OCc1cc(F)cc(C#N)c1. The second-order valence-electron chi connectivity index (χ2n) is 14.2. The van der Waals surface area contributed by atoms with Crippen LogP contribution in [0.2, 0.25) is 0 Å². The summed E-state index contributed by atoms with van der Waals surface area (Å²) in [5, 5.41) is 16.6. The Bertz CT molecular complexity index is 1490. The van der Waals surface area contributed by atoms with E-state index in [4.69, 9.17) is 24.5 Å². The predicted molar refractivity (Wildman–Crippen MR) is 207 cm³/mol. The number of unbranched alkanes of at least 4 members (excludes halogenated alkanes) is 15. The molecule has 13 heteroatoms. The topological polar surface area (TPSA) is 149 Å². The van der Waals surface area contributed by atoms with E-state index in [1.807, 2.05) is 18.2 Å². The Morgan fingerprint density at radius 2 is 1.68 bits per heavy atom. The van der Waals surface area contributed by atoms with E-state index >= 15 is 0 Å². The minimum atomic E-state index is -1.95. The first-order valence-corrected chi connectivity index (χ1v) is 21.2. The van der Waals surface area contributed by atoms with Crippen molar-refractivity contribution in [2.45, 2.75) is 147 Å². The van der Waals surface area contributed by atoms with Gasteiger partial charge < -0.3 is 29.4 Å². The van der Waals surface area contributed by atoms with Crippen LogP contribution in [-0.4, -0.2) is 58.1 Å². The number of benzene rings is 1. The molecule has 11 nitrogen and oxygen atoms in total. The number of hydrogen-bond donors (Lipinski definition) is 3. The van der Waals surface area contributed by atoms with Crippen molar-refractivity contribution in [3.05, 3.63) is 59.3 Å². The Hall–Kier alpha value is -2.75. The number of nitrogens with one attached hydrogen (secondary N) is 1. The van der Waals surface area contributed by atoms with E-state index in [0.717, 1.165) is 36.9 Å². The Kier molecular flexibility index (Phi) is 20.6. The lowest BCUT2D eigenvalue weighted by Gasteiger charge is -2.21. The third-order valence-corrected chi connectivity index (χ3v) is 10.7. The van der Waals surface area contributed by atoms with Crippen LogP contribution in [0, 0.1) is 17.1 Å². The molecule has 3 heterocycles. The molecule has 0 radical (unpaired) electrons. The molecule has 4 N–H and O–H groups in total. The van der Waals surface area contributed by atoms with Gasteiger partial charge in [0.15, 0.2) is 5.82 Å². The van der Waals surface area contributed by atoms with Crippen molar-refractivity contribution in [3.63, 3.8) is 0 Å². The Labute approximate surface area is 317 Å². The highest BCUT2D eigenvalue weighted by Crippen LogP contribution is 2.36. The molecule has 1 saturated heterocycles. The summed E-state index contributed by atoms with van der Waals surface area (Å²) in [6, 6.07) is 9.98.